The van der Waals surface area contributed by atoms with Gasteiger partial charge in [-0.1, -0.05) is 0 Å². The van der Waals surface area contributed by atoms with Gasteiger partial charge in [0.25, 0.3) is 0 Å². The Morgan fingerprint density at radius 1 is 1.16 bits per heavy atom. The minimum atomic E-state index is -0.453. The van der Waals surface area contributed by atoms with E-state index in [2.05, 4.69) is 21.2 Å². The third kappa shape index (κ3) is 3.72. The molecule has 0 atom stereocenters. The fourth-order valence-electron chi connectivity index (χ4n) is 3.61. The maximum absolute atomic E-state index is 8.91. The van der Waals surface area contributed by atoms with Crippen molar-refractivity contribution in [2.24, 2.45) is 5.10 Å². The van der Waals surface area contributed by atoms with Crippen molar-refractivity contribution in [3.63, 3.8) is 0 Å². The average molecular weight is 438 g/mol. The van der Waals surface area contributed by atoms with Crippen molar-refractivity contribution in [3.05, 3.63) is 53.3 Å². The number of benzene rings is 1. The Labute approximate surface area is 184 Å². The summed E-state index contributed by atoms with van der Waals surface area (Å²) in [7, 11) is 5.07. The van der Waals surface area contributed by atoms with Crippen LogP contribution in [0.15, 0.2) is 41.8 Å². The Morgan fingerprint density at radius 2 is 1.94 bits per heavy atom. The summed E-state index contributed by atoms with van der Waals surface area (Å²) in [5, 5.41) is 24.2. The number of rotatable bonds is 6. The predicted octanol–water partition coefficient (Wildman–Crippen LogP) is 0.836. The molecule has 1 aliphatic heterocycles. The summed E-state index contributed by atoms with van der Waals surface area (Å²) in [6.45, 7) is 4.42. The normalized spacial score (nSPS) is 13.9. The standard InChI is InChI=1S/C21H27N9O2/c1-21(2,32-5)12-29-9-8-14-11-24-20(23)30(17(14)18(29)22)15-7-6-13(10-16(15)31-4)19-25-26-27-28(19)3/h6-11,22-23,26-27H,12H2,1-5H3. The minimum absolute atomic E-state index is 0.000500. The molecule has 11 nitrogen and oxygen atoms in total. The average Bonchev–Trinajstić information content (AvgIpc) is 3.21. The number of hydrogen-bond donors (Lipinski definition) is 4. The monoisotopic (exact) mass is 437 g/mol. The Morgan fingerprint density at radius 3 is 2.59 bits per heavy atom. The van der Waals surface area contributed by atoms with Crippen molar-refractivity contribution in [2.75, 3.05) is 21.3 Å². The smallest absolute Gasteiger partial charge is 0.227 e. The van der Waals surface area contributed by atoms with Crippen LogP contribution in [0.25, 0.3) is 16.6 Å². The molecular weight excluding hydrogens is 410 g/mol. The summed E-state index contributed by atoms with van der Waals surface area (Å²) >= 11 is 0. The number of methoxy groups -OCH3 is 2. The Bertz CT molecular complexity index is 1320. The second kappa shape index (κ2) is 8.09. The van der Waals surface area contributed by atoms with Crippen LogP contribution in [0.3, 0.4) is 0 Å². The number of hydrazine groups is 2. The largest absolute Gasteiger partial charge is 0.495 e. The van der Waals surface area contributed by atoms with Crippen molar-refractivity contribution in [1.82, 2.24) is 30.2 Å². The molecule has 168 valence electrons. The van der Waals surface area contributed by atoms with Gasteiger partial charge in [0.2, 0.25) is 5.62 Å². The van der Waals surface area contributed by atoms with E-state index in [9.17, 15) is 0 Å². The molecule has 0 saturated heterocycles. The number of pyridine rings is 1. The second-order valence-electron chi connectivity index (χ2n) is 8.08. The van der Waals surface area contributed by atoms with Gasteiger partial charge in [0, 0.05) is 37.5 Å². The van der Waals surface area contributed by atoms with Gasteiger partial charge in [0.05, 0.1) is 24.9 Å². The van der Waals surface area contributed by atoms with E-state index < -0.39 is 5.60 Å². The Hall–Kier alpha value is -3.70. The third-order valence-electron chi connectivity index (χ3n) is 5.46. The Balaban J connectivity index is 1.93. The number of hydrogen-bond acceptors (Lipinski definition) is 9. The molecule has 11 heteroatoms. The number of nitrogens with zero attached hydrogens (tertiary/aromatic N) is 5. The van der Waals surface area contributed by atoms with E-state index in [0.29, 0.717) is 29.3 Å². The Kier molecular flexibility index (Phi) is 5.45. The van der Waals surface area contributed by atoms with E-state index >= 15 is 0 Å². The highest BCUT2D eigenvalue weighted by molar-refractivity contribution is 5.99. The molecular formula is C21H27N9O2. The molecule has 1 aromatic carbocycles. The van der Waals surface area contributed by atoms with Crippen molar-refractivity contribution < 1.29 is 9.47 Å². The quantitative estimate of drug-likeness (QED) is 0.452. The van der Waals surface area contributed by atoms with Gasteiger partial charge in [-0.2, -0.15) is 0 Å². The number of nitrogens with one attached hydrogen (secondary N) is 4. The lowest BCUT2D eigenvalue weighted by atomic mass is 10.1. The van der Waals surface area contributed by atoms with Gasteiger partial charge in [-0.05, 0) is 38.1 Å². The molecule has 0 bridgehead atoms. The summed E-state index contributed by atoms with van der Waals surface area (Å²) in [5.74, 6) is 1.23. The van der Waals surface area contributed by atoms with Crippen molar-refractivity contribution in [1.29, 1.82) is 10.8 Å². The zero-order valence-corrected chi connectivity index (χ0v) is 18.7. The zero-order valence-electron chi connectivity index (χ0n) is 18.7. The maximum atomic E-state index is 8.91. The molecule has 4 rings (SSSR count). The molecule has 1 aliphatic rings. The van der Waals surface area contributed by atoms with E-state index in [1.165, 1.54) is 0 Å². The van der Waals surface area contributed by atoms with E-state index in [1.54, 1.807) is 30.0 Å². The molecule has 0 unspecified atom stereocenters. The molecule has 0 aliphatic carbocycles. The van der Waals surface area contributed by atoms with E-state index in [1.807, 2.05) is 55.9 Å². The first-order valence-corrected chi connectivity index (χ1v) is 10.0. The first-order valence-electron chi connectivity index (χ1n) is 10.0. The molecule has 0 amide bonds. The predicted molar refractivity (Wildman–Crippen MR) is 119 cm³/mol. The number of amidine groups is 1. The van der Waals surface area contributed by atoms with Crippen LogP contribution in [-0.2, 0) is 11.3 Å². The maximum Gasteiger partial charge on any atom is 0.227 e. The van der Waals surface area contributed by atoms with Crippen molar-refractivity contribution >= 4 is 16.7 Å². The highest BCUT2D eigenvalue weighted by atomic mass is 16.5. The topological polar surface area (TPSA) is 129 Å². The van der Waals surface area contributed by atoms with Crippen LogP contribution in [0, 0.1) is 10.8 Å². The number of ether oxygens (including phenoxy) is 2. The van der Waals surface area contributed by atoms with Crippen LogP contribution in [0.1, 0.15) is 19.4 Å². The van der Waals surface area contributed by atoms with Crippen LogP contribution in [0.4, 0.5) is 0 Å². The molecule has 3 heterocycles. The highest BCUT2D eigenvalue weighted by Gasteiger charge is 2.21. The van der Waals surface area contributed by atoms with Crippen LogP contribution in [-0.4, -0.2) is 51.8 Å². The zero-order chi connectivity index (χ0) is 23.0. The number of hydrazone groups is 1. The van der Waals surface area contributed by atoms with Gasteiger partial charge >= 0.3 is 0 Å². The molecule has 0 fully saturated rings. The van der Waals surface area contributed by atoms with Crippen LogP contribution < -0.4 is 26.9 Å². The van der Waals surface area contributed by atoms with Crippen LogP contribution in [0.2, 0.25) is 0 Å². The van der Waals surface area contributed by atoms with E-state index in [0.717, 1.165) is 10.9 Å². The molecule has 0 radical (unpaired) electrons. The lowest BCUT2D eigenvalue weighted by Crippen LogP contribution is -2.37. The second-order valence-corrected chi connectivity index (χ2v) is 8.08. The first-order chi connectivity index (χ1) is 15.3. The fraction of sp³-hybridized carbons (Fsp3) is 0.333. The summed E-state index contributed by atoms with van der Waals surface area (Å²) in [6.07, 6.45) is 3.45. The molecule has 2 aromatic heterocycles. The third-order valence-corrected chi connectivity index (χ3v) is 5.46. The van der Waals surface area contributed by atoms with Crippen molar-refractivity contribution in [3.8, 4) is 11.4 Å². The fourth-order valence-corrected chi connectivity index (χ4v) is 3.61. The van der Waals surface area contributed by atoms with E-state index in [-0.39, 0.29) is 11.1 Å². The summed E-state index contributed by atoms with van der Waals surface area (Å²) in [5.41, 5.74) is 7.39. The molecule has 0 saturated carbocycles. The van der Waals surface area contributed by atoms with E-state index in [4.69, 9.17) is 20.3 Å². The van der Waals surface area contributed by atoms with Gasteiger partial charge in [-0.25, -0.2) is 10.5 Å². The summed E-state index contributed by atoms with van der Waals surface area (Å²) < 4.78 is 14.7. The van der Waals surface area contributed by atoms with Gasteiger partial charge in [-0.3, -0.25) is 20.4 Å². The van der Waals surface area contributed by atoms with Gasteiger partial charge in [-0.15, -0.1) is 10.6 Å². The molecule has 4 N–H and O–H groups in total. The number of fused-ring (bicyclic) bond motifs is 1. The SMILES string of the molecule is COc1cc(C2=NNNN2C)ccc1-n1c(=N)ncc2ccn(CC(C)(C)OC)c(=N)c21. The van der Waals surface area contributed by atoms with Crippen molar-refractivity contribution in [2.45, 2.75) is 26.0 Å². The molecule has 3 aromatic rings. The summed E-state index contributed by atoms with van der Waals surface area (Å²) in [6, 6.07) is 7.47. The van der Waals surface area contributed by atoms with Crippen LogP contribution in [0.5, 0.6) is 5.75 Å². The van der Waals surface area contributed by atoms with Crippen LogP contribution >= 0.6 is 0 Å². The highest BCUT2D eigenvalue weighted by Crippen LogP contribution is 2.26. The van der Waals surface area contributed by atoms with Gasteiger partial charge < -0.3 is 14.0 Å². The minimum Gasteiger partial charge on any atom is -0.495 e. The first kappa shape index (κ1) is 21.5. The summed E-state index contributed by atoms with van der Waals surface area (Å²) in [4.78, 5) is 4.24. The lowest BCUT2D eigenvalue weighted by Gasteiger charge is -2.25. The van der Waals surface area contributed by atoms with Gasteiger partial charge in [0.1, 0.15) is 16.8 Å². The lowest BCUT2D eigenvalue weighted by molar-refractivity contribution is 0.00721. The molecule has 0 spiro atoms. The number of aromatic nitrogens is 3. The van der Waals surface area contributed by atoms with Gasteiger partial charge in [0.15, 0.2) is 5.84 Å². The molecule has 32 heavy (non-hydrogen) atoms.